The number of hydrogen-bond acceptors (Lipinski definition) is 4. The summed E-state index contributed by atoms with van der Waals surface area (Å²) in [6, 6.07) is 19.0. The molecular weight excluding hydrogens is 256 g/mol. The molecule has 2 aromatic carbocycles. The van der Waals surface area contributed by atoms with E-state index in [2.05, 4.69) is 0 Å². The Morgan fingerprint density at radius 3 is 1.45 bits per heavy atom. The zero-order chi connectivity index (χ0) is 13.6. The molecule has 0 aliphatic carbocycles. The van der Waals surface area contributed by atoms with E-state index >= 15 is 0 Å². The fourth-order valence-corrected chi connectivity index (χ4v) is 1.93. The third-order valence-electron chi connectivity index (χ3n) is 2.86. The summed E-state index contributed by atoms with van der Waals surface area (Å²) in [7, 11) is 0. The molecule has 0 saturated carbocycles. The predicted molar refractivity (Wildman–Crippen MR) is 73.6 cm³/mol. The minimum atomic E-state index is -0.577. The van der Waals surface area contributed by atoms with Gasteiger partial charge in [0.15, 0.2) is 0 Å². The van der Waals surface area contributed by atoms with Gasteiger partial charge in [-0.25, -0.2) is 0 Å². The fourth-order valence-electron chi connectivity index (χ4n) is 1.93. The van der Waals surface area contributed by atoms with Crippen LogP contribution >= 0.6 is 0 Å². The highest BCUT2D eigenvalue weighted by Gasteiger charge is 2.30. The maximum atomic E-state index is 5.77. The minimum absolute atomic E-state index is 0.492. The number of rotatable bonds is 4. The Kier molecular flexibility index (Phi) is 4.16. The first kappa shape index (κ1) is 13.0. The largest absolute Gasteiger partial charge is 0.458 e. The molecule has 4 heteroatoms. The minimum Gasteiger partial charge on any atom is -0.458 e. The van der Waals surface area contributed by atoms with Crippen LogP contribution in [0.2, 0.25) is 0 Å². The van der Waals surface area contributed by atoms with Gasteiger partial charge >= 0.3 is 0 Å². The first-order chi connectivity index (χ1) is 9.92. The Labute approximate surface area is 117 Å². The van der Waals surface area contributed by atoms with Crippen molar-refractivity contribution in [2.45, 2.75) is 12.6 Å². The highest BCUT2D eigenvalue weighted by Crippen LogP contribution is 2.20. The van der Waals surface area contributed by atoms with Gasteiger partial charge in [-0.15, -0.1) is 0 Å². The molecule has 0 N–H and O–H groups in total. The topological polar surface area (TPSA) is 36.9 Å². The van der Waals surface area contributed by atoms with Crippen LogP contribution in [0.5, 0.6) is 11.5 Å². The van der Waals surface area contributed by atoms with Gasteiger partial charge in [-0.05, 0) is 24.3 Å². The van der Waals surface area contributed by atoms with Gasteiger partial charge in [0.05, 0.1) is 13.2 Å². The molecule has 0 spiro atoms. The second-order valence-electron chi connectivity index (χ2n) is 4.34. The van der Waals surface area contributed by atoms with E-state index in [1.807, 2.05) is 60.7 Å². The van der Waals surface area contributed by atoms with E-state index in [1.165, 1.54) is 0 Å². The Morgan fingerprint density at radius 2 is 1.05 bits per heavy atom. The van der Waals surface area contributed by atoms with Crippen molar-refractivity contribution in [3.05, 3.63) is 60.7 Å². The molecule has 0 aromatic heterocycles. The van der Waals surface area contributed by atoms with Crippen LogP contribution in [0.4, 0.5) is 0 Å². The van der Waals surface area contributed by atoms with Crippen molar-refractivity contribution in [1.29, 1.82) is 0 Å². The quantitative estimate of drug-likeness (QED) is 0.857. The molecule has 104 valence electrons. The summed E-state index contributed by atoms with van der Waals surface area (Å²) in [5, 5.41) is 0. The maximum absolute atomic E-state index is 5.77. The lowest BCUT2D eigenvalue weighted by atomic mass is 10.3. The van der Waals surface area contributed by atoms with Crippen LogP contribution < -0.4 is 9.47 Å². The van der Waals surface area contributed by atoms with E-state index in [1.54, 1.807) is 0 Å². The van der Waals surface area contributed by atoms with Gasteiger partial charge in [-0.3, -0.25) is 0 Å². The molecule has 4 nitrogen and oxygen atoms in total. The zero-order valence-electron chi connectivity index (χ0n) is 11.0. The van der Waals surface area contributed by atoms with Crippen LogP contribution in [0.25, 0.3) is 0 Å². The van der Waals surface area contributed by atoms with Crippen molar-refractivity contribution in [2.75, 3.05) is 13.2 Å². The van der Waals surface area contributed by atoms with E-state index in [0.717, 1.165) is 11.5 Å². The normalized spacial score (nSPS) is 22.2. The second-order valence-corrected chi connectivity index (χ2v) is 4.34. The molecule has 2 unspecified atom stereocenters. The van der Waals surface area contributed by atoms with Crippen LogP contribution in [0, 0.1) is 0 Å². The standard InChI is InChI=1S/C16H16O4/c1-3-7-13(8-4-1)19-15-16(18-12-11-17-15)20-14-9-5-2-6-10-14/h1-10,15-16H,11-12H2. The molecule has 0 radical (unpaired) electrons. The fraction of sp³-hybridized carbons (Fsp3) is 0.250. The van der Waals surface area contributed by atoms with E-state index in [9.17, 15) is 0 Å². The molecular formula is C16H16O4. The summed E-state index contributed by atoms with van der Waals surface area (Å²) in [6.07, 6.45) is -1.15. The van der Waals surface area contributed by atoms with Crippen molar-refractivity contribution < 1.29 is 18.9 Å². The van der Waals surface area contributed by atoms with Gasteiger partial charge < -0.3 is 18.9 Å². The highest BCUT2D eigenvalue weighted by atomic mass is 16.8. The van der Waals surface area contributed by atoms with Crippen molar-refractivity contribution in [3.63, 3.8) is 0 Å². The molecule has 1 saturated heterocycles. The molecule has 0 bridgehead atoms. The summed E-state index contributed by atoms with van der Waals surface area (Å²) in [5.41, 5.74) is 0. The molecule has 2 aromatic rings. The second kappa shape index (κ2) is 6.41. The number of ether oxygens (including phenoxy) is 4. The predicted octanol–water partition coefficient (Wildman–Crippen LogP) is 2.84. The van der Waals surface area contributed by atoms with Gasteiger partial charge in [-0.2, -0.15) is 0 Å². The molecule has 3 rings (SSSR count). The van der Waals surface area contributed by atoms with Gasteiger partial charge in [0.25, 0.3) is 12.6 Å². The lowest BCUT2D eigenvalue weighted by Gasteiger charge is -2.31. The number of hydrogen-bond donors (Lipinski definition) is 0. The third kappa shape index (κ3) is 3.29. The van der Waals surface area contributed by atoms with E-state index in [-0.39, 0.29) is 0 Å². The molecule has 1 heterocycles. The van der Waals surface area contributed by atoms with Gasteiger partial charge in [0.2, 0.25) is 0 Å². The summed E-state index contributed by atoms with van der Waals surface area (Å²) in [5.74, 6) is 1.45. The highest BCUT2D eigenvalue weighted by molar-refractivity contribution is 5.22. The first-order valence-corrected chi connectivity index (χ1v) is 6.58. The van der Waals surface area contributed by atoms with Crippen LogP contribution in [-0.4, -0.2) is 25.8 Å². The Bertz CT molecular complexity index is 465. The van der Waals surface area contributed by atoms with Crippen LogP contribution in [-0.2, 0) is 9.47 Å². The Hall–Kier alpha value is -2.04. The number of benzene rings is 2. The summed E-state index contributed by atoms with van der Waals surface area (Å²) >= 11 is 0. The molecule has 20 heavy (non-hydrogen) atoms. The smallest absolute Gasteiger partial charge is 0.263 e. The number of para-hydroxylation sites is 2. The Morgan fingerprint density at radius 1 is 0.650 bits per heavy atom. The van der Waals surface area contributed by atoms with Gasteiger partial charge in [0, 0.05) is 0 Å². The van der Waals surface area contributed by atoms with Crippen LogP contribution in [0.3, 0.4) is 0 Å². The van der Waals surface area contributed by atoms with Crippen molar-refractivity contribution >= 4 is 0 Å². The van der Waals surface area contributed by atoms with Crippen molar-refractivity contribution in [1.82, 2.24) is 0 Å². The summed E-state index contributed by atoms with van der Waals surface area (Å²) < 4.78 is 22.7. The van der Waals surface area contributed by atoms with E-state index in [4.69, 9.17) is 18.9 Å². The molecule has 1 aliphatic heterocycles. The molecule has 2 atom stereocenters. The van der Waals surface area contributed by atoms with Gasteiger partial charge in [-0.1, -0.05) is 36.4 Å². The monoisotopic (exact) mass is 272 g/mol. The van der Waals surface area contributed by atoms with Gasteiger partial charge in [0.1, 0.15) is 11.5 Å². The average molecular weight is 272 g/mol. The van der Waals surface area contributed by atoms with Crippen LogP contribution in [0.1, 0.15) is 0 Å². The van der Waals surface area contributed by atoms with Crippen LogP contribution in [0.15, 0.2) is 60.7 Å². The lowest BCUT2D eigenvalue weighted by Crippen LogP contribution is -2.45. The molecule has 1 fully saturated rings. The van der Waals surface area contributed by atoms with Crippen molar-refractivity contribution in [2.24, 2.45) is 0 Å². The third-order valence-corrected chi connectivity index (χ3v) is 2.86. The average Bonchev–Trinajstić information content (AvgIpc) is 2.51. The first-order valence-electron chi connectivity index (χ1n) is 6.58. The SMILES string of the molecule is c1ccc(OC2OCCOC2Oc2ccccc2)cc1. The summed E-state index contributed by atoms with van der Waals surface area (Å²) in [6.45, 7) is 0.984. The molecule has 0 amide bonds. The Balaban J connectivity index is 1.68. The van der Waals surface area contributed by atoms with E-state index < -0.39 is 12.6 Å². The van der Waals surface area contributed by atoms with E-state index in [0.29, 0.717) is 13.2 Å². The zero-order valence-corrected chi connectivity index (χ0v) is 11.0. The van der Waals surface area contributed by atoms with Crippen molar-refractivity contribution in [3.8, 4) is 11.5 Å². The summed E-state index contributed by atoms with van der Waals surface area (Å²) in [4.78, 5) is 0. The lowest BCUT2D eigenvalue weighted by molar-refractivity contribution is -0.271. The molecule has 1 aliphatic rings. The maximum Gasteiger partial charge on any atom is 0.263 e.